The lowest BCUT2D eigenvalue weighted by atomic mass is 9.94. The number of fused-ring (bicyclic) bond motifs is 1. The molecule has 0 amide bonds. The number of esters is 1. The number of methoxy groups -OCH3 is 1. The molecule has 4 rings (SSSR count). The van der Waals surface area contributed by atoms with Gasteiger partial charge in [-0.15, -0.1) is 0 Å². The number of benzene rings is 2. The predicted octanol–water partition coefficient (Wildman–Crippen LogP) is 5.73. The average molecular weight is 432 g/mol. The van der Waals surface area contributed by atoms with Crippen LogP contribution in [0.3, 0.4) is 0 Å². The molecule has 32 heavy (non-hydrogen) atoms. The molecule has 7 heteroatoms. The smallest absolute Gasteiger partial charge is 0.309 e. The van der Waals surface area contributed by atoms with Crippen LogP contribution in [0.5, 0.6) is 0 Å². The number of carbonyl (C=O) groups is 1. The van der Waals surface area contributed by atoms with Crippen molar-refractivity contribution >= 4 is 35.2 Å². The van der Waals surface area contributed by atoms with Crippen molar-refractivity contribution in [2.45, 2.75) is 32.6 Å². The van der Waals surface area contributed by atoms with E-state index in [4.69, 9.17) is 0 Å². The second kappa shape index (κ2) is 9.18. The van der Waals surface area contributed by atoms with Crippen LogP contribution >= 0.6 is 0 Å². The van der Waals surface area contributed by atoms with Crippen LogP contribution in [0.15, 0.2) is 54.2 Å². The van der Waals surface area contributed by atoms with E-state index in [-0.39, 0.29) is 24.1 Å². The van der Waals surface area contributed by atoms with Gasteiger partial charge in [0.05, 0.1) is 19.2 Å². The molecule has 1 unspecified atom stereocenters. The second-order valence-electron chi connectivity index (χ2n) is 7.74. The molecule has 1 aromatic heterocycles. The van der Waals surface area contributed by atoms with Gasteiger partial charge in [-0.1, -0.05) is 36.8 Å². The summed E-state index contributed by atoms with van der Waals surface area (Å²) in [6.07, 6.45) is 4.70. The van der Waals surface area contributed by atoms with Crippen LogP contribution in [0, 0.1) is 5.82 Å². The van der Waals surface area contributed by atoms with E-state index in [1.54, 1.807) is 18.3 Å². The lowest BCUT2D eigenvalue weighted by Gasteiger charge is -2.14. The second-order valence-corrected chi connectivity index (χ2v) is 7.74. The Labute approximate surface area is 186 Å². The maximum Gasteiger partial charge on any atom is 0.309 e. The molecule has 1 heterocycles. The molecule has 6 nitrogen and oxygen atoms in total. The van der Waals surface area contributed by atoms with Crippen molar-refractivity contribution in [3.8, 4) is 0 Å². The summed E-state index contributed by atoms with van der Waals surface area (Å²) in [5.41, 5.74) is 4.87. The molecule has 2 aromatic carbocycles. The summed E-state index contributed by atoms with van der Waals surface area (Å²) in [5, 5.41) is 6.18. The summed E-state index contributed by atoms with van der Waals surface area (Å²) in [4.78, 5) is 20.1. The lowest BCUT2D eigenvalue weighted by molar-refractivity contribution is -0.139. The number of hydrogen-bond acceptors (Lipinski definition) is 6. The average Bonchev–Trinajstić information content (AvgIpc) is 3.13. The van der Waals surface area contributed by atoms with Gasteiger partial charge in [-0.3, -0.25) is 4.79 Å². The fourth-order valence-electron chi connectivity index (χ4n) is 3.97. The number of aromatic nitrogens is 2. The van der Waals surface area contributed by atoms with E-state index in [1.807, 2.05) is 43.3 Å². The van der Waals surface area contributed by atoms with Crippen molar-refractivity contribution in [3.63, 3.8) is 0 Å². The first-order chi connectivity index (χ1) is 15.5. The topological polar surface area (TPSA) is 76.1 Å². The molecule has 1 atom stereocenters. The van der Waals surface area contributed by atoms with Crippen molar-refractivity contribution in [1.82, 2.24) is 9.97 Å². The minimum atomic E-state index is -0.289. The minimum absolute atomic E-state index is 0.215. The van der Waals surface area contributed by atoms with Crippen LogP contribution in [-0.4, -0.2) is 23.0 Å². The normalized spacial score (nSPS) is 14.5. The van der Waals surface area contributed by atoms with Crippen LogP contribution in [0.1, 0.15) is 42.9 Å². The summed E-state index contributed by atoms with van der Waals surface area (Å²) in [6, 6.07) is 12.8. The highest BCUT2D eigenvalue weighted by atomic mass is 19.1. The van der Waals surface area contributed by atoms with Gasteiger partial charge >= 0.3 is 5.97 Å². The molecule has 0 radical (unpaired) electrons. The Morgan fingerprint density at radius 1 is 1.12 bits per heavy atom. The monoisotopic (exact) mass is 432 g/mol. The number of allylic oxidation sites excluding steroid dienone is 1. The molecule has 3 aromatic rings. The van der Waals surface area contributed by atoms with E-state index in [2.05, 4.69) is 32.3 Å². The highest BCUT2D eigenvalue weighted by Crippen LogP contribution is 2.41. The van der Waals surface area contributed by atoms with E-state index in [9.17, 15) is 4.79 Å². The molecule has 0 spiro atoms. The minimum Gasteiger partial charge on any atom is -0.469 e. The van der Waals surface area contributed by atoms with E-state index < -0.39 is 0 Å². The number of nitrogens with one attached hydrogen (secondary N) is 2. The Bertz CT molecular complexity index is 1180. The van der Waals surface area contributed by atoms with Gasteiger partial charge in [-0.25, -0.2) is 9.37 Å². The molecule has 0 saturated carbocycles. The van der Waals surface area contributed by atoms with Gasteiger partial charge in [0.15, 0.2) is 5.82 Å². The fraction of sp³-hybridized carbons (Fsp3) is 0.240. The number of halogens is 1. The van der Waals surface area contributed by atoms with Crippen molar-refractivity contribution in [2.24, 2.45) is 0 Å². The first kappa shape index (κ1) is 21.5. The lowest BCUT2D eigenvalue weighted by Crippen LogP contribution is -2.05. The van der Waals surface area contributed by atoms with E-state index in [0.717, 1.165) is 23.2 Å². The molecule has 0 fully saturated rings. The predicted molar refractivity (Wildman–Crippen MR) is 124 cm³/mol. The summed E-state index contributed by atoms with van der Waals surface area (Å²) >= 11 is 0. The molecule has 1 aliphatic carbocycles. The van der Waals surface area contributed by atoms with E-state index in [0.29, 0.717) is 23.0 Å². The molecule has 0 saturated heterocycles. The Morgan fingerprint density at radius 3 is 2.62 bits per heavy atom. The third-order valence-corrected chi connectivity index (χ3v) is 5.62. The Hall–Kier alpha value is -3.74. The van der Waals surface area contributed by atoms with E-state index >= 15 is 4.39 Å². The van der Waals surface area contributed by atoms with Crippen LogP contribution in [0.4, 0.5) is 27.5 Å². The highest BCUT2D eigenvalue weighted by Gasteiger charge is 2.25. The maximum absolute atomic E-state index is 15.1. The molecule has 1 aliphatic rings. The largest absolute Gasteiger partial charge is 0.469 e. The van der Waals surface area contributed by atoms with E-state index in [1.165, 1.54) is 12.7 Å². The fourth-order valence-corrected chi connectivity index (χ4v) is 3.97. The van der Waals surface area contributed by atoms with Crippen molar-refractivity contribution in [2.75, 3.05) is 17.7 Å². The first-order valence-electron chi connectivity index (χ1n) is 10.5. The van der Waals surface area contributed by atoms with Crippen molar-refractivity contribution in [3.05, 3.63) is 76.7 Å². The number of carbonyl (C=O) groups excluding carboxylic acids is 1. The third kappa shape index (κ3) is 4.46. The van der Waals surface area contributed by atoms with Gasteiger partial charge in [0.2, 0.25) is 5.95 Å². The van der Waals surface area contributed by atoms with Gasteiger partial charge in [-0.05, 0) is 48.7 Å². The molecular formula is C25H25FN4O2. The molecule has 0 aliphatic heterocycles. The highest BCUT2D eigenvalue weighted by molar-refractivity contribution is 5.73. The van der Waals surface area contributed by atoms with Gasteiger partial charge in [0.1, 0.15) is 5.82 Å². The number of hydrogen-bond donors (Lipinski definition) is 2. The van der Waals surface area contributed by atoms with Crippen LogP contribution in [-0.2, 0) is 16.0 Å². The Balaban J connectivity index is 1.49. The zero-order valence-corrected chi connectivity index (χ0v) is 18.3. The third-order valence-electron chi connectivity index (χ3n) is 5.62. The molecular weight excluding hydrogens is 407 g/mol. The molecule has 2 N–H and O–H groups in total. The van der Waals surface area contributed by atoms with Crippen LogP contribution in [0.2, 0.25) is 0 Å². The van der Waals surface area contributed by atoms with Crippen molar-refractivity contribution < 1.29 is 13.9 Å². The summed E-state index contributed by atoms with van der Waals surface area (Å²) < 4.78 is 19.8. The maximum atomic E-state index is 15.1. The van der Waals surface area contributed by atoms with Crippen molar-refractivity contribution in [1.29, 1.82) is 0 Å². The van der Waals surface area contributed by atoms with Crippen LogP contribution < -0.4 is 10.6 Å². The standard InChI is InChI=1S/C25H25FN4O2/c1-4-18-15(2)13-20-19(18)9-10-21(24(20)26)29-22-11-12-27-25(30-22)28-17-7-5-16(6-8-17)14-23(31)32-3/h5-13,18H,4,14H2,1-3H3,(H2,27,28,29,30). The van der Waals surface area contributed by atoms with Gasteiger partial charge in [-0.2, -0.15) is 4.98 Å². The Morgan fingerprint density at radius 2 is 1.91 bits per heavy atom. The Kier molecular flexibility index (Phi) is 6.16. The van der Waals surface area contributed by atoms with Gasteiger partial charge < -0.3 is 15.4 Å². The zero-order valence-electron chi connectivity index (χ0n) is 18.3. The SMILES string of the molecule is CCC1C(C)=Cc2c1ccc(Nc1ccnc(Nc3ccc(CC(=O)OC)cc3)n1)c2F. The number of rotatable bonds is 7. The number of anilines is 4. The summed E-state index contributed by atoms with van der Waals surface area (Å²) in [5.74, 6) is 0.575. The van der Waals surface area contributed by atoms with Gasteiger partial charge in [0.25, 0.3) is 0 Å². The van der Waals surface area contributed by atoms with Gasteiger partial charge in [0, 0.05) is 23.4 Å². The summed E-state index contributed by atoms with van der Waals surface area (Å²) in [6.45, 7) is 4.16. The summed E-state index contributed by atoms with van der Waals surface area (Å²) in [7, 11) is 1.37. The molecule has 164 valence electrons. The van der Waals surface area contributed by atoms with Crippen LogP contribution in [0.25, 0.3) is 6.08 Å². The number of ether oxygens (including phenoxy) is 1. The zero-order chi connectivity index (χ0) is 22.7. The molecule has 0 bridgehead atoms. The first-order valence-corrected chi connectivity index (χ1v) is 10.5. The number of nitrogens with zero attached hydrogens (tertiary/aromatic N) is 2. The quantitative estimate of drug-likeness (QED) is 0.465.